The van der Waals surface area contributed by atoms with Crippen LogP contribution in [0, 0.1) is 6.92 Å². The molecule has 2 aromatic heterocycles. The second-order valence-electron chi connectivity index (χ2n) is 6.78. The summed E-state index contributed by atoms with van der Waals surface area (Å²) in [4.78, 5) is 34.8. The molecule has 136 valence electrons. The lowest BCUT2D eigenvalue weighted by Gasteiger charge is -2.32. The molecule has 1 aliphatic carbocycles. The van der Waals surface area contributed by atoms with Crippen molar-refractivity contribution in [3.63, 3.8) is 0 Å². The molecule has 2 aromatic rings. The fraction of sp³-hybridized carbons (Fsp3) is 0.389. The molecule has 0 spiro atoms. The highest BCUT2D eigenvalue weighted by molar-refractivity contribution is 7.07. The number of nitrogens with zero attached hydrogens (tertiary/aromatic N) is 2. The minimum Gasteiger partial charge on any atom is -0.348 e. The number of aromatic nitrogens is 2. The zero-order valence-electron chi connectivity index (χ0n) is 14.7. The van der Waals surface area contributed by atoms with Crippen molar-refractivity contribution in [2.75, 3.05) is 0 Å². The number of carbonyl (C=O) groups excluding carboxylic acids is 2. The molecule has 1 unspecified atom stereocenters. The molecular formula is C18H21N5O2S. The first kappa shape index (κ1) is 16.8. The summed E-state index contributed by atoms with van der Waals surface area (Å²) >= 11 is 1.63. The van der Waals surface area contributed by atoms with Gasteiger partial charge in [0.1, 0.15) is 6.04 Å². The van der Waals surface area contributed by atoms with Crippen molar-refractivity contribution in [2.24, 2.45) is 0 Å². The van der Waals surface area contributed by atoms with E-state index in [0.717, 1.165) is 24.1 Å². The number of aromatic amines is 1. The Morgan fingerprint density at radius 2 is 2.19 bits per heavy atom. The number of imidazole rings is 1. The molecule has 3 amide bonds. The molecule has 4 rings (SSSR count). The first-order chi connectivity index (χ1) is 12.5. The van der Waals surface area contributed by atoms with Crippen molar-refractivity contribution < 1.29 is 9.59 Å². The fourth-order valence-electron chi connectivity index (χ4n) is 3.33. The maximum absolute atomic E-state index is 13.5. The third kappa shape index (κ3) is 3.12. The van der Waals surface area contributed by atoms with Crippen LogP contribution in [0.2, 0.25) is 0 Å². The molecule has 3 N–H and O–H groups in total. The van der Waals surface area contributed by atoms with Gasteiger partial charge in [-0.2, -0.15) is 11.3 Å². The van der Waals surface area contributed by atoms with Gasteiger partial charge in [0.15, 0.2) is 0 Å². The Bertz CT molecular complexity index is 866. The largest absolute Gasteiger partial charge is 0.348 e. The van der Waals surface area contributed by atoms with Gasteiger partial charge in [-0.25, -0.2) is 9.78 Å². The van der Waals surface area contributed by atoms with E-state index in [0.29, 0.717) is 23.5 Å². The van der Waals surface area contributed by atoms with Crippen molar-refractivity contribution in [1.82, 2.24) is 25.5 Å². The smallest absolute Gasteiger partial charge is 0.319 e. The highest BCUT2D eigenvalue weighted by Crippen LogP contribution is 2.34. The number of allylic oxidation sites excluding steroid dienone is 1. The predicted molar refractivity (Wildman–Crippen MR) is 98.3 cm³/mol. The van der Waals surface area contributed by atoms with Crippen LogP contribution in [-0.2, 0) is 11.3 Å². The Labute approximate surface area is 155 Å². The minimum atomic E-state index is -0.550. The Kier molecular flexibility index (Phi) is 4.28. The molecular weight excluding hydrogens is 350 g/mol. The van der Waals surface area contributed by atoms with Crippen LogP contribution in [0.25, 0.3) is 0 Å². The van der Waals surface area contributed by atoms with Crippen LogP contribution < -0.4 is 10.6 Å². The van der Waals surface area contributed by atoms with Gasteiger partial charge in [-0.3, -0.25) is 4.79 Å². The van der Waals surface area contributed by atoms with E-state index in [-0.39, 0.29) is 18.0 Å². The number of amides is 3. The van der Waals surface area contributed by atoms with E-state index in [4.69, 9.17) is 0 Å². The Morgan fingerprint density at radius 1 is 1.38 bits per heavy atom. The quantitative estimate of drug-likeness (QED) is 0.755. The predicted octanol–water partition coefficient (Wildman–Crippen LogP) is 2.60. The number of rotatable bonds is 5. The van der Waals surface area contributed by atoms with E-state index in [1.165, 1.54) is 0 Å². The van der Waals surface area contributed by atoms with Gasteiger partial charge >= 0.3 is 6.03 Å². The fourth-order valence-corrected chi connectivity index (χ4v) is 3.99. The molecule has 26 heavy (non-hydrogen) atoms. The summed E-state index contributed by atoms with van der Waals surface area (Å²) in [7, 11) is 0. The van der Waals surface area contributed by atoms with Crippen LogP contribution in [0.15, 0.2) is 34.4 Å². The summed E-state index contributed by atoms with van der Waals surface area (Å²) in [6.07, 6.45) is 3.63. The van der Waals surface area contributed by atoms with Crippen LogP contribution in [0.1, 0.15) is 42.8 Å². The molecule has 7 nitrogen and oxygen atoms in total. The van der Waals surface area contributed by atoms with E-state index in [1.807, 2.05) is 23.3 Å². The topological polar surface area (TPSA) is 90.1 Å². The SMILES string of the molecule is CC1=C(C(=O)N(Cc2ccsc2)C2CC2)C(c2nc[nH]c2C)NC(=O)N1. The minimum absolute atomic E-state index is 0.0453. The lowest BCUT2D eigenvalue weighted by molar-refractivity contribution is -0.128. The number of nitrogens with one attached hydrogen (secondary N) is 3. The van der Waals surface area contributed by atoms with Crippen LogP contribution in [-0.4, -0.2) is 32.8 Å². The highest BCUT2D eigenvalue weighted by Gasteiger charge is 2.40. The van der Waals surface area contributed by atoms with Gasteiger partial charge in [0, 0.05) is 24.0 Å². The second kappa shape index (κ2) is 6.60. The van der Waals surface area contributed by atoms with Crippen molar-refractivity contribution >= 4 is 23.3 Å². The lowest BCUT2D eigenvalue weighted by atomic mass is 9.97. The first-order valence-corrected chi connectivity index (χ1v) is 9.59. The standard InChI is InChI=1S/C18H21N5O2S/c1-10-14(16(22-18(25)21-10)15-11(2)19-9-20-15)17(24)23(13-3-4-13)7-12-5-6-26-8-12/h5-6,8-9,13,16H,3-4,7H2,1-2H3,(H,19,20)(H2,21,22,25). The zero-order valence-corrected chi connectivity index (χ0v) is 15.5. The summed E-state index contributed by atoms with van der Waals surface area (Å²) in [5.74, 6) is -0.0453. The van der Waals surface area contributed by atoms with E-state index in [2.05, 4.69) is 26.0 Å². The molecule has 0 radical (unpaired) electrons. The Balaban J connectivity index is 1.69. The van der Waals surface area contributed by atoms with Gasteiger partial charge in [-0.15, -0.1) is 0 Å². The van der Waals surface area contributed by atoms with Gasteiger partial charge in [0.25, 0.3) is 5.91 Å². The number of aryl methyl sites for hydroxylation is 1. The average Bonchev–Trinajstić information content (AvgIpc) is 3.12. The van der Waals surface area contributed by atoms with Crippen molar-refractivity contribution in [3.8, 4) is 0 Å². The summed E-state index contributed by atoms with van der Waals surface area (Å²) in [5, 5.41) is 9.69. The maximum atomic E-state index is 13.5. The molecule has 0 aromatic carbocycles. The third-order valence-electron chi connectivity index (χ3n) is 4.82. The molecule has 0 bridgehead atoms. The van der Waals surface area contributed by atoms with E-state index >= 15 is 0 Å². The van der Waals surface area contributed by atoms with Gasteiger partial charge in [0.05, 0.1) is 17.6 Å². The van der Waals surface area contributed by atoms with E-state index < -0.39 is 6.04 Å². The second-order valence-corrected chi connectivity index (χ2v) is 7.56. The average molecular weight is 371 g/mol. The van der Waals surface area contributed by atoms with E-state index in [1.54, 1.807) is 24.6 Å². The maximum Gasteiger partial charge on any atom is 0.319 e. The molecule has 1 atom stereocenters. The molecule has 1 saturated carbocycles. The van der Waals surface area contributed by atoms with Crippen molar-refractivity contribution in [1.29, 1.82) is 0 Å². The Morgan fingerprint density at radius 3 is 2.81 bits per heavy atom. The number of hydrogen-bond acceptors (Lipinski definition) is 4. The van der Waals surface area contributed by atoms with Gasteiger partial charge in [-0.05, 0) is 49.1 Å². The molecule has 0 saturated heterocycles. The normalized spacial score (nSPS) is 19.9. The van der Waals surface area contributed by atoms with Gasteiger partial charge in [0.2, 0.25) is 0 Å². The van der Waals surface area contributed by atoms with Gasteiger partial charge < -0.3 is 20.5 Å². The van der Waals surface area contributed by atoms with E-state index in [9.17, 15) is 9.59 Å². The zero-order chi connectivity index (χ0) is 18.3. The number of thiophene rings is 1. The molecule has 2 aliphatic rings. The summed E-state index contributed by atoms with van der Waals surface area (Å²) in [6.45, 7) is 4.25. The first-order valence-electron chi connectivity index (χ1n) is 8.64. The Hall–Kier alpha value is -2.61. The lowest BCUT2D eigenvalue weighted by Crippen LogP contribution is -2.48. The number of carbonyl (C=O) groups is 2. The molecule has 1 fully saturated rings. The third-order valence-corrected chi connectivity index (χ3v) is 5.56. The van der Waals surface area contributed by atoms with Crippen LogP contribution >= 0.6 is 11.3 Å². The van der Waals surface area contributed by atoms with Crippen LogP contribution in [0.5, 0.6) is 0 Å². The number of urea groups is 1. The highest BCUT2D eigenvalue weighted by atomic mass is 32.1. The summed E-state index contributed by atoms with van der Waals surface area (Å²) in [5.41, 5.74) is 3.79. The molecule has 1 aliphatic heterocycles. The summed E-state index contributed by atoms with van der Waals surface area (Å²) in [6, 6.07) is 1.44. The van der Waals surface area contributed by atoms with Crippen molar-refractivity contribution in [2.45, 2.75) is 45.3 Å². The van der Waals surface area contributed by atoms with Crippen LogP contribution in [0.4, 0.5) is 4.79 Å². The molecule has 3 heterocycles. The van der Waals surface area contributed by atoms with Gasteiger partial charge in [-0.1, -0.05) is 0 Å². The summed E-state index contributed by atoms with van der Waals surface area (Å²) < 4.78 is 0. The van der Waals surface area contributed by atoms with Crippen molar-refractivity contribution in [3.05, 3.63) is 51.4 Å². The number of hydrogen-bond donors (Lipinski definition) is 3. The monoisotopic (exact) mass is 371 g/mol. The van der Waals surface area contributed by atoms with Crippen LogP contribution in [0.3, 0.4) is 0 Å². The number of H-pyrrole nitrogens is 1. The molecule has 8 heteroatoms.